The fourth-order valence-corrected chi connectivity index (χ4v) is 2.80. The molecule has 134 valence electrons. The summed E-state index contributed by atoms with van der Waals surface area (Å²) < 4.78 is 14.7. The Kier molecular flexibility index (Phi) is 8.06. The van der Waals surface area contributed by atoms with Crippen LogP contribution in [0, 0.1) is 19.7 Å². The van der Waals surface area contributed by atoms with Crippen LogP contribution in [0.15, 0.2) is 59.2 Å². The van der Waals surface area contributed by atoms with E-state index in [1.54, 1.807) is 19.1 Å². The predicted molar refractivity (Wildman–Crippen MR) is 108 cm³/mol. The molecule has 0 spiro atoms. The lowest BCUT2D eigenvalue weighted by Gasteiger charge is -2.16. The molecule has 3 heteroatoms. The van der Waals surface area contributed by atoms with Gasteiger partial charge in [0.15, 0.2) is 0 Å². The Bertz CT molecular complexity index is 722. The maximum absolute atomic E-state index is 14.7. The van der Waals surface area contributed by atoms with Crippen LogP contribution >= 0.6 is 0 Å². The van der Waals surface area contributed by atoms with Crippen molar-refractivity contribution >= 4 is 11.4 Å². The molecule has 2 N–H and O–H groups in total. The maximum atomic E-state index is 14.7. The Morgan fingerprint density at radius 2 is 1.96 bits per heavy atom. The fraction of sp³-hybridized carbons (Fsp3) is 0.318. The average molecular weight is 340 g/mol. The van der Waals surface area contributed by atoms with Crippen LogP contribution in [-0.4, -0.2) is 12.4 Å². The summed E-state index contributed by atoms with van der Waals surface area (Å²) in [5, 5.41) is 0. The minimum atomic E-state index is -0.210. The van der Waals surface area contributed by atoms with Crippen LogP contribution in [0.2, 0.25) is 0 Å². The number of nitrogens with zero attached hydrogens (tertiary/aromatic N) is 1. The van der Waals surface area contributed by atoms with E-state index in [4.69, 9.17) is 5.73 Å². The highest BCUT2D eigenvalue weighted by Gasteiger charge is 2.14. The van der Waals surface area contributed by atoms with Crippen molar-refractivity contribution in [2.24, 2.45) is 10.7 Å². The van der Waals surface area contributed by atoms with E-state index < -0.39 is 0 Å². The van der Waals surface area contributed by atoms with Gasteiger partial charge in [0.25, 0.3) is 0 Å². The molecule has 0 aliphatic rings. The highest BCUT2D eigenvalue weighted by molar-refractivity contribution is 5.79. The molecule has 0 aliphatic heterocycles. The minimum absolute atomic E-state index is 0.210. The molecule has 1 rings (SSSR count). The third-order valence-corrected chi connectivity index (χ3v) is 3.92. The molecule has 1 aromatic rings. The third kappa shape index (κ3) is 5.86. The normalized spacial score (nSPS) is 14.0. The van der Waals surface area contributed by atoms with Crippen molar-refractivity contribution < 1.29 is 4.39 Å². The van der Waals surface area contributed by atoms with Gasteiger partial charge in [0.05, 0.1) is 12.4 Å². The lowest BCUT2D eigenvalue weighted by atomic mass is 9.91. The Labute approximate surface area is 151 Å². The average Bonchev–Trinajstić information content (AvgIpc) is 2.51. The lowest BCUT2D eigenvalue weighted by molar-refractivity contribution is 0.621. The number of rotatable bonds is 7. The van der Waals surface area contributed by atoms with E-state index in [1.807, 2.05) is 39.0 Å². The Balaban J connectivity index is 3.66. The van der Waals surface area contributed by atoms with Gasteiger partial charge in [-0.25, -0.2) is 4.39 Å². The van der Waals surface area contributed by atoms with Crippen molar-refractivity contribution in [3.63, 3.8) is 0 Å². The second-order valence-corrected chi connectivity index (χ2v) is 6.17. The lowest BCUT2D eigenvalue weighted by Crippen LogP contribution is -2.08. The first-order valence-corrected chi connectivity index (χ1v) is 8.54. The molecule has 0 unspecified atom stereocenters. The zero-order valence-corrected chi connectivity index (χ0v) is 16.0. The summed E-state index contributed by atoms with van der Waals surface area (Å²) in [5.41, 5.74) is 11.0. The van der Waals surface area contributed by atoms with Crippen LogP contribution in [0.3, 0.4) is 0 Å². The number of hydrogen-bond acceptors (Lipinski definition) is 1. The number of amidine groups is 1. The summed E-state index contributed by atoms with van der Waals surface area (Å²) in [4.78, 5) is 4.36. The van der Waals surface area contributed by atoms with Crippen LogP contribution in [0.1, 0.15) is 43.9 Å². The van der Waals surface area contributed by atoms with E-state index in [-0.39, 0.29) is 5.82 Å². The Morgan fingerprint density at radius 3 is 2.48 bits per heavy atom. The quantitative estimate of drug-likeness (QED) is 0.387. The monoisotopic (exact) mass is 340 g/mol. The minimum Gasteiger partial charge on any atom is -0.388 e. The molecule has 2 nitrogen and oxygen atoms in total. The molecule has 0 radical (unpaired) electrons. The SMILES string of the molecule is C=C/C=C(\C=C/CC)C(/CN=C(C)N)=C(/C)c1c(C)cc(C)cc1F. The summed E-state index contributed by atoms with van der Waals surface area (Å²) in [7, 11) is 0. The second kappa shape index (κ2) is 9.77. The number of nitrogens with two attached hydrogens (primary N) is 1. The van der Waals surface area contributed by atoms with Gasteiger partial charge >= 0.3 is 0 Å². The molecule has 0 saturated heterocycles. The van der Waals surface area contributed by atoms with Gasteiger partial charge < -0.3 is 5.73 Å². The molecular formula is C22H29FN2. The van der Waals surface area contributed by atoms with Crippen molar-refractivity contribution in [2.75, 3.05) is 6.54 Å². The summed E-state index contributed by atoms with van der Waals surface area (Å²) in [6.45, 7) is 13.8. The van der Waals surface area contributed by atoms with E-state index >= 15 is 0 Å². The second-order valence-electron chi connectivity index (χ2n) is 6.17. The van der Waals surface area contributed by atoms with Crippen LogP contribution < -0.4 is 5.73 Å². The molecule has 0 saturated carbocycles. The van der Waals surface area contributed by atoms with Gasteiger partial charge in [-0.2, -0.15) is 0 Å². The number of benzene rings is 1. The van der Waals surface area contributed by atoms with Crippen molar-refractivity contribution in [1.82, 2.24) is 0 Å². The summed E-state index contributed by atoms with van der Waals surface area (Å²) in [5.74, 6) is 0.294. The van der Waals surface area contributed by atoms with Crippen LogP contribution in [0.25, 0.3) is 5.57 Å². The molecule has 0 aliphatic carbocycles. The van der Waals surface area contributed by atoms with Gasteiger partial charge in [0.2, 0.25) is 0 Å². The van der Waals surface area contributed by atoms with Crippen molar-refractivity contribution in [2.45, 2.75) is 41.0 Å². The van der Waals surface area contributed by atoms with Crippen molar-refractivity contribution in [3.05, 3.63) is 76.7 Å². The number of aryl methyl sites for hydroxylation is 2. The van der Waals surface area contributed by atoms with Gasteiger partial charge in [0.1, 0.15) is 5.82 Å². The Morgan fingerprint density at radius 1 is 1.28 bits per heavy atom. The van der Waals surface area contributed by atoms with Gasteiger partial charge in [0, 0.05) is 5.56 Å². The number of aliphatic imine (C=N–C) groups is 1. The number of allylic oxidation sites excluding steroid dienone is 5. The molecule has 0 bridgehead atoms. The van der Waals surface area contributed by atoms with Crippen LogP contribution in [-0.2, 0) is 0 Å². The molecule has 0 amide bonds. The van der Waals surface area contributed by atoms with E-state index in [0.717, 1.165) is 34.3 Å². The first-order valence-electron chi connectivity index (χ1n) is 8.54. The predicted octanol–water partition coefficient (Wildman–Crippen LogP) is 5.67. The maximum Gasteiger partial charge on any atom is 0.131 e. The zero-order chi connectivity index (χ0) is 19.0. The molecular weight excluding hydrogens is 311 g/mol. The summed E-state index contributed by atoms with van der Waals surface area (Å²) in [6, 6.07) is 3.56. The first kappa shape index (κ1) is 20.6. The zero-order valence-electron chi connectivity index (χ0n) is 16.0. The topological polar surface area (TPSA) is 38.4 Å². The third-order valence-electron chi connectivity index (χ3n) is 3.92. The first-order chi connectivity index (χ1) is 11.8. The van der Waals surface area contributed by atoms with E-state index in [2.05, 4.69) is 24.6 Å². The molecule has 0 aromatic heterocycles. The van der Waals surface area contributed by atoms with E-state index in [1.165, 1.54) is 0 Å². The number of hydrogen-bond donors (Lipinski definition) is 1. The number of halogens is 1. The fourth-order valence-electron chi connectivity index (χ4n) is 2.80. The molecule has 25 heavy (non-hydrogen) atoms. The highest BCUT2D eigenvalue weighted by atomic mass is 19.1. The molecule has 0 atom stereocenters. The van der Waals surface area contributed by atoms with Gasteiger partial charge in [-0.05, 0) is 68.0 Å². The van der Waals surface area contributed by atoms with Gasteiger partial charge in [-0.1, -0.05) is 43.9 Å². The molecule has 0 heterocycles. The van der Waals surface area contributed by atoms with E-state index in [9.17, 15) is 4.39 Å². The molecule has 0 fully saturated rings. The standard InChI is InChI=1S/C22H29FN2/c1-7-9-11-19(10-8-2)20(14-25-18(6)24)17(5)22-16(4)12-15(3)13-21(22)23/h8-13H,2,7,14H2,1,3-6H3,(H2,24,25)/b11-9-,19-10+,20-17-. The van der Waals surface area contributed by atoms with Gasteiger partial charge in [-0.3, -0.25) is 4.99 Å². The smallest absolute Gasteiger partial charge is 0.131 e. The summed E-state index contributed by atoms with van der Waals surface area (Å²) >= 11 is 0. The molecule has 1 aromatic carbocycles. The van der Waals surface area contributed by atoms with E-state index in [0.29, 0.717) is 17.9 Å². The van der Waals surface area contributed by atoms with Crippen molar-refractivity contribution in [3.8, 4) is 0 Å². The van der Waals surface area contributed by atoms with Crippen LogP contribution in [0.4, 0.5) is 4.39 Å². The van der Waals surface area contributed by atoms with Crippen LogP contribution in [0.5, 0.6) is 0 Å². The summed E-state index contributed by atoms with van der Waals surface area (Å²) in [6.07, 6.45) is 8.68. The van der Waals surface area contributed by atoms with Crippen molar-refractivity contribution in [1.29, 1.82) is 0 Å². The Hall–Kier alpha value is -2.42. The highest BCUT2D eigenvalue weighted by Crippen LogP contribution is 2.30. The van der Waals surface area contributed by atoms with Gasteiger partial charge in [-0.15, -0.1) is 0 Å². The largest absolute Gasteiger partial charge is 0.388 e.